The Hall–Kier alpha value is -4.41. The average molecular weight is 788 g/mol. The zero-order valence-corrected chi connectivity index (χ0v) is 33.9. The first kappa shape index (κ1) is 39.8. The second-order valence-electron chi connectivity index (χ2n) is 15.9. The molecule has 0 saturated carbocycles. The summed E-state index contributed by atoms with van der Waals surface area (Å²) < 4.78 is 19.4. The van der Waals surface area contributed by atoms with Gasteiger partial charge in [-0.3, -0.25) is 14.8 Å². The van der Waals surface area contributed by atoms with Gasteiger partial charge in [0.1, 0.15) is 6.04 Å². The molecule has 3 aliphatic rings. The van der Waals surface area contributed by atoms with E-state index in [-0.39, 0.29) is 44.2 Å². The van der Waals surface area contributed by atoms with Gasteiger partial charge in [0.15, 0.2) is 0 Å². The lowest BCUT2D eigenvalue weighted by atomic mass is 9.84. The number of benzene rings is 1. The monoisotopic (exact) mass is 787 g/mol. The molecule has 0 radical (unpaired) electrons. The number of pyridine rings is 1. The fraction of sp³-hybridized carbons (Fsp3) is 0.537. The Morgan fingerprint density at radius 3 is 2.79 bits per heavy atom. The van der Waals surface area contributed by atoms with Gasteiger partial charge in [0.25, 0.3) is 5.91 Å². The number of nitrogens with one attached hydrogen (secondary N) is 2. The topological polar surface area (TPSA) is 160 Å². The lowest BCUT2D eigenvalue weighted by molar-refractivity contribution is -0.189. The van der Waals surface area contributed by atoms with Gasteiger partial charge in [0.05, 0.1) is 47.4 Å². The van der Waals surface area contributed by atoms with Crippen LogP contribution in [0.15, 0.2) is 41.9 Å². The van der Waals surface area contributed by atoms with Crippen LogP contribution in [0.3, 0.4) is 0 Å². The number of thiazole rings is 1. The summed E-state index contributed by atoms with van der Waals surface area (Å²) >= 11 is 1.42. The lowest BCUT2D eigenvalue weighted by Crippen LogP contribution is -2.67. The highest BCUT2D eigenvalue weighted by atomic mass is 32.1. The van der Waals surface area contributed by atoms with Crippen LogP contribution < -0.4 is 10.7 Å². The number of hydrogen-bond donors (Lipinski definition) is 3. The molecule has 0 aliphatic carbocycles. The van der Waals surface area contributed by atoms with E-state index < -0.39 is 29.1 Å². The first-order chi connectivity index (χ1) is 26.9. The van der Waals surface area contributed by atoms with Crippen LogP contribution in [-0.2, 0) is 43.2 Å². The highest BCUT2D eigenvalue weighted by Crippen LogP contribution is 2.42. The number of nitrogens with zero attached hydrogens (tertiary/aromatic N) is 5. The molecule has 0 spiro atoms. The van der Waals surface area contributed by atoms with Gasteiger partial charge in [0, 0.05) is 85.7 Å². The number of aryl methyl sites for hydroxylation is 1. The fourth-order valence-electron chi connectivity index (χ4n) is 8.30. The van der Waals surface area contributed by atoms with Gasteiger partial charge in [-0.1, -0.05) is 19.9 Å². The highest BCUT2D eigenvalue weighted by molar-refractivity contribution is 7.10. The number of cyclic esters (lactones) is 1. The molecule has 2 fully saturated rings. The number of hydrazine groups is 1. The Morgan fingerprint density at radius 2 is 2.02 bits per heavy atom. The second kappa shape index (κ2) is 16.2. The van der Waals surface area contributed by atoms with Crippen molar-refractivity contribution in [3.8, 4) is 22.5 Å². The van der Waals surface area contributed by atoms with Gasteiger partial charge in [-0.15, -0.1) is 11.3 Å². The van der Waals surface area contributed by atoms with E-state index in [2.05, 4.69) is 46.5 Å². The Kier molecular flexibility index (Phi) is 11.5. The van der Waals surface area contributed by atoms with Gasteiger partial charge in [-0.05, 0) is 69.4 Å². The number of amides is 3. The highest BCUT2D eigenvalue weighted by Gasteiger charge is 2.45. The summed E-state index contributed by atoms with van der Waals surface area (Å²) in [4.78, 5) is 53.3. The van der Waals surface area contributed by atoms with Gasteiger partial charge in [0.2, 0.25) is 5.72 Å². The maximum Gasteiger partial charge on any atom is 0.355 e. The standard InChI is InChI=1S/C41H53N7O7S/c1-7-46-33-14-13-26-19-29(33)30(36(46)28-12-8-16-42-35(28)25(2)54-6)21-40(3,4)24-55-38(50)41(52)15-10-18-48(45-41)37(49)31(20-34-43-32(26)23-56-34)44-39(51)47-17-9-11-27(47)22-53-5/h8,12-14,16,19,23,25,27,31,45,52H,7,9-11,15,17-18,20-22,24H2,1-6H3,(H,44,51)/t25-,27+,31-,41-/m0/s1. The smallest absolute Gasteiger partial charge is 0.355 e. The number of esters is 1. The molecule has 14 nitrogen and oxygen atoms in total. The molecule has 0 unspecified atom stereocenters. The number of hydrogen-bond acceptors (Lipinski definition) is 11. The van der Waals surface area contributed by atoms with Crippen molar-refractivity contribution in [2.24, 2.45) is 5.41 Å². The zero-order valence-electron chi connectivity index (χ0n) is 33.1. The molecule has 300 valence electrons. The summed E-state index contributed by atoms with van der Waals surface area (Å²) in [6.45, 7) is 10.0. The van der Waals surface area contributed by atoms with Crippen molar-refractivity contribution in [2.45, 2.75) is 96.7 Å². The molecule has 6 heterocycles. The fourth-order valence-corrected chi connectivity index (χ4v) is 9.15. The maximum absolute atomic E-state index is 14.3. The quantitative estimate of drug-likeness (QED) is 0.212. The van der Waals surface area contributed by atoms with Gasteiger partial charge in [-0.2, -0.15) is 5.43 Å². The molecule has 2 saturated heterocycles. The number of aromatic nitrogens is 3. The Bertz CT molecular complexity index is 2100. The zero-order chi connectivity index (χ0) is 39.8. The van der Waals surface area contributed by atoms with Gasteiger partial charge in [-0.25, -0.2) is 14.6 Å². The van der Waals surface area contributed by atoms with E-state index in [4.69, 9.17) is 24.2 Å². The normalized spacial score (nSPS) is 23.6. The summed E-state index contributed by atoms with van der Waals surface area (Å²) in [6.07, 6.45) is 4.19. The Balaban J connectivity index is 1.34. The van der Waals surface area contributed by atoms with E-state index in [1.54, 1.807) is 25.3 Å². The van der Waals surface area contributed by atoms with Crippen molar-refractivity contribution < 1.29 is 33.7 Å². The molecule has 3 aromatic heterocycles. The maximum atomic E-state index is 14.3. The molecule has 4 aromatic rings. The molecule has 3 N–H and O–H groups in total. The summed E-state index contributed by atoms with van der Waals surface area (Å²) in [5.41, 5.74) is 6.65. The molecule has 1 aromatic carbocycles. The second-order valence-corrected chi connectivity index (χ2v) is 16.8. The van der Waals surface area contributed by atoms with Gasteiger partial charge >= 0.3 is 12.0 Å². The van der Waals surface area contributed by atoms with E-state index in [0.29, 0.717) is 37.5 Å². The third kappa shape index (κ3) is 7.79. The van der Waals surface area contributed by atoms with Crippen LogP contribution in [0.4, 0.5) is 4.79 Å². The third-order valence-electron chi connectivity index (χ3n) is 11.2. The predicted octanol–water partition coefficient (Wildman–Crippen LogP) is 5.23. The number of aliphatic hydroxyl groups is 1. The minimum absolute atomic E-state index is 0.00265. The van der Waals surface area contributed by atoms with Crippen molar-refractivity contribution in [3.05, 3.63) is 58.2 Å². The van der Waals surface area contributed by atoms with Crippen molar-refractivity contribution in [1.82, 2.24) is 35.2 Å². The van der Waals surface area contributed by atoms with E-state index in [9.17, 15) is 19.5 Å². The van der Waals surface area contributed by atoms with Crippen LogP contribution in [0, 0.1) is 5.41 Å². The average Bonchev–Trinajstić information content (AvgIpc) is 3.93. The molecular formula is C41H53N7O7S. The van der Waals surface area contributed by atoms with Crippen LogP contribution in [0.1, 0.15) is 75.7 Å². The van der Waals surface area contributed by atoms with Crippen molar-refractivity contribution in [3.63, 3.8) is 0 Å². The summed E-state index contributed by atoms with van der Waals surface area (Å²) in [7, 11) is 3.28. The summed E-state index contributed by atoms with van der Waals surface area (Å²) in [5, 5.41) is 19.6. The lowest BCUT2D eigenvalue weighted by Gasteiger charge is -2.40. The molecular weight excluding hydrogens is 735 g/mol. The van der Waals surface area contributed by atoms with Gasteiger partial charge < -0.3 is 34.1 Å². The van der Waals surface area contributed by atoms with Crippen molar-refractivity contribution >= 4 is 40.1 Å². The largest absolute Gasteiger partial charge is 0.462 e. The number of ether oxygens (including phenoxy) is 3. The molecule has 4 atom stereocenters. The summed E-state index contributed by atoms with van der Waals surface area (Å²) in [5.74, 6) is -1.35. The van der Waals surface area contributed by atoms with Crippen molar-refractivity contribution in [2.75, 3.05) is 40.5 Å². The van der Waals surface area contributed by atoms with Crippen LogP contribution >= 0.6 is 11.3 Å². The number of urea groups is 1. The van der Waals surface area contributed by atoms with Crippen LogP contribution in [0.2, 0.25) is 0 Å². The van der Waals surface area contributed by atoms with E-state index >= 15 is 0 Å². The van der Waals surface area contributed by atoms with Crippen LogP contribution in [0.25, 0.3) is 33.4 Å². The molecule has 6 bridgehead atoms. The molecule has 3 amide bonds. The SMILES string of the molecule is CCn1c(-c2cccnc2[C@H](C)OC)c2c3cc(ccc31)-c1csc(n1)C[C@H](NC(=O)N1CCC[C@@H]1COC)C(=O)N1CCC[C@@](O)(N1)C(=O)OCC(C)(C)C2. The van der Waals surface area contributed by atoms with E-state index in [1.165, 1.54) is 16.3 Å². The Labute approximate surface area is 331 Å². The Morgan fingerprint density at radius 1 is 1.20 bits per heavy atom. The number of carbonyl (C=O) groups is 3. The molecule has 15 heteroatoms. The minimum atomic E-state index is -2.14. The minimum Gasteiger partial charge on any atom is -0.462 e. The van der Waals surface area contributed by atoms with E-state index in [0.717, 1.165) is 57.5 Å². The molecule has 56 heavy (non-hydrogen) atoms. The molecule has 3 aliphatic heterocycles. The van der Waals surface area contributed by atoms with Crippen LogP contribution in [-0.4, -0.2) is 106 Å². The first-order valence-electron chi connectivity index (χ1n) is 19.5. The number of carbonyl (C=O) groups excluding carboxylic acids is 3. The van der Waals surface area contributed by atoms with Crippen molar-refractivity contribution in [1.29, 1.82) is 0 Å². The van der Waals surface area contributed by atoms with Crippen LogP contribution in [0.5, 0.6) is 0 Å². The predicted molar refractivity (Wildman–Crippen MR) is 212 cm³/mol. The number of fused-ring (bicyclic) bond motifs is 6. The number of methoxy groups -OCH3 is 2. The first-order valence-corrected chi connectivity index (χ1v) is 20.4. The number of likely N-dealkylation sites (tertiary alicyclic amines) is 1. The molecule has 7 rings (SSSR count). The summed E-state index contributed by atoms with van der Waals surface area (Å²) in [6, 6.07) is 8.86. The third-order valence-corrected chi connectivity index (χ3v) is 12.1. The van der Waals surface area contributed by atoms with E-state index in [1.807, 2.05) is 32.2 Å². The number of rotatable bonds is 7.